The third-order valence-electron chi connectivity index (χ3n) is 4.77. The fourth-order valence-corrected chi connectivity index (χ4v) is 3.46. The lowest BCUT2D eigenvalue weighted by molar-refractivity contribution is 0.0932. The van der Waals surface area contributed by atoms with E-state index in [1.54, 1.807) is 41.2 Å². The quantitative estimate of drug-likeness (QED) is 0.765. The number of nitrogens with zero attached hydrogens (tertiary/aromatic N) is 4. The monoisotopic (exact) mass is 353 g/mol. The Balaban J connectivity index is 1.52. The maximum absolute atomic E-state index is 14.3. The molecule has 1 saturated heterocycles. The minimum atomic E-state index is -0.281. The zero-order valence-corrected chi connectivity index (χ0v) is 14.3. The summed E-state index contributed by atoms with van der Waals surface area (Å²) in [5.74, 6) is -0.522. The summed E-state index contributed by atoms with van der Waals surface area (Å²) in [6.45, 7) is 2.15. The molecular weight excluding hydrogens is 333 g/mol. The molecule has 1 atom stereocenters. The van der Waals surface area contributed by atoms with Gasteiger partial charge in [-0.05, 0) is 38.1 Å². The second kappa shape index (κ2) is 7.21. The maximum Gasteiger partial charge on any atom is 0.271 e. The largest absolute Gasteiger partial charge is 0.349 e. The number of aromatic nitrogens is 3. The molecule has 2 aromatic heterocycles. The lowest BCUT2D eigenvalue weighted by Gasteiger charge is -2.28. The molecule has 1 amide bonds. The summed E-state index contributed by atoms with van der Waals surface area (Å²) in [5.41, 5.74) is 1.53. The van der Waals surface area contributed by atoms with Crippen molar-refractivity contribution in [2.75, 3.05) is 19.6 Å². The van der Waals surface area contributed by atoms with Gasteiger partial charge < -0.3 is 5.32 Å². The minimum Gasteiger partial charge on any atom is -0.349 e. The van der Waals surface area contributed by atoms with Crippen molar-refractivity contribution in [2.24, 2.45) is 0 Å². The van der Waals surface area contributed by atoms with E-state index in [-0.39, 0.29) is 17.8 Å². The summed E-state index contributed by atoms with van der Waals surface area (Å²) < 4.78 is 15.9. The highest BCUT2D eigenvalue weighted by molar-refractivity contribution is 5.93. The molecule has 26 heavy (non-hydrogen) atoms. The van der Waals surface area contributed by atoms with E-state index in [0.29, 0.717) is 23.4 Å². The Bertz CT molecular complexity index is 886. The summed E-state index contributed by atoms with van der Waals surface area (Å²) in [5, 5.41) is 7.14. The van der Waals surface area contributed by atoms with Crippen LogP contribution in [0.4, 0.5) is 4.39 Å². The molecule has 6 nitrogen and oxygen atoms in total. The summed E-state index contributed by atoms with van der Waals surface area (Å²) in [6.07, 6.45) is 5.58. The number of hydrogen-bond donors (Lipinski definition) is 1. The number of benzene rings is 1. The second-order valence-corrected chi connectivity index (χ2v) is 6.44. The van der Waals surface area contributed by atoms with Crippen molar-refractivity contribution < 1.29 is 9.18 Å². The number of nitrogens with one attached hydrogen (secondary N) is 1. The maximum atomic E-state index is 14.3. The standard InChI is InChI=1S/C19H20FN5O/c20-15-7-2-1-6-14(15)17(24-9-3-4-10-24)13-22-19(26)16-12-18-21-8-5-11-25(18)23-16/h1-2,5-8,11-12,17H,3-4,9-10,13H2,(H,22,26). The number of hydrogen-bond acceptors (Lipinski definition) is 4. The molecule has 0 bridgehead atoms. The fraction of sp³-hybridized carbons (Fsp3) is 0.316. The van der Waals surface area contributed by atoms with Gasteiger partial charge in [0, 0.05) is 30.6 Å². The molecule has 134 valence electrons. The number of carbonyl (C=O) groups is 1. The van der Waals surface area contributed by atoms with Crippen LogP contribution in [0.1, 0.15) is 34.9 Å². The molecule has 0 aliphatic carbocycles. The van der Waals surface area contributed by atoms with Gasteiger partial charge in [-0.2, -0.15) is 5.10 Å². The molecule has 0 spiro atoms. The predicted octanol–water partition coefficient (Wildman–Crippen LogP) is 2.44. The van der Waals surface area contributed by atoms with Gasteiger partial charge in [-0.25, -0.2) is 13.9 Å². The van der Waals surface area contributed by atoms with E-state index in [4.69, 9.17) is 0 Å². The van der Waals surface area contributed by atoms with E-state index in [2.05, 4.69) is 20.3 Å². The molecule has 0 radical (unpaired) electrons. The molecule has 1 fully saturated rings. The van der Waals surface area contributed by atoms with Crippen molar-refractivity contribution >= 4 is 11.6 Å². The smallest absolute Gasteiger partial charge is 0.271 e. The summed E-state index contributed by atoms with van der Waals surface area (Å²) in [7, 11) is 0. The number of amides is 1. The molecule has 0 saturated carbocycles. The van der Waals surface area contributed by atoms with Gasteiger partial charge in [0.15, 0.2) is 11.3 Å². The molecule has 1 unspecified atom stereocenters. The van der Waals surface area contributed by atoms with E-state index < -0.39 is 0 Å². The number of fused-ring (bicyclic) bond motifs is 1. The van der Waals surface area contributed by atoms with E-state index in [9.17, 15) is 9.18 Å². The first kappa shape index (κ1) is 16.7. The zero-order valence-electron chi connectivity index (χ0n) is 14.3. The molecular formula is C19H20FN5O. The van der Waals surface area contributed by atoms with Crippen molar-refractivity contribution in [1.82, 2.24) is 24.8 Å². The predicted molar refractivity (Wildman–Crippen MR) is 95.3 cm³/mol. The van der Waals surface area contributed by atoms with Crippen molar-refractivity contribution in [3.05, 3.63) is 65.9 Å². The highest BCUT2D eigenvalue weighted by Crippen LogP contribution is 2.26. The van der Waals surface area contributed by atoms with Crippen LogP contribution in [0.25, 0.3) is 5.65 Å². The first-order valence-electron chi connectivity index (χ1n) is 8.79. The minimum absolute atomic E-state index is 0.183. The number of carbonyl (C=O) groups excluding carboxylic acids is 1. The number of halogens is 1. The van der Waals surface area contributed by atoms with Crippen LogP contribution in [0.15, 0.2) is 48.8 Å². The summed E-state index contributed by atoms with van der Waals surface area (Å²) >= 11 is 0. The van der Waals surface area contributed by atoms with Crippen LogP contribution in [0.5, 0.6) is 0 Å². The SMILES string of the molecule is O=C(NCC(c1ccccc1F)N1CCCC1)c1cc2ncccn2n1. The molecule has 1 N–H and O–H groups in total. The van der Waals surface area contributed by atoms with Crippen LogP contribution in [0.3, 0.4) is 0 Å². The molecule has 1 aromatic carbocycles. The van der Waals surface area contributed by atoms with Crippen LogP contribution >= 0.6 is 0 Å². The average molecular weight is 353 g/mol. The van der Waals surface area contributed by atoms with Gasteiger partial charge in [-0.1, -0.05) is 18.2 Å². The Morgan fingerprint density at radius 1 is 1.23 bits per heavy atom. The molecule has 3 heterocycles. The van der Waals surface area contributed by atoms with Crippen LogP contribution < -0.4 is 5.32 Å². The van der Waals surface area contributed by atoms with E-state index in [0.717, 1.165) is 25.9 Å². The van der Waals surface area contributed by atoms with Crippen LogP contribution in [-0.4, -0.2) is 45.0 Å². The van der Waals surface area contributed by atoms with Gasteiger partial charge in [0.1, 0.15) is 5.82 Å². The Kier molecular flexibility index (Phi) is 4.62. The molecule has 3 aromatic rings. The van der Waals surface area contributed by atoms with Crippen molar-refractivity contribution in [1.29, 1.82) is 0 Å². The summed E-state index contributed by atoms with van der Waals surface area (Å²) in [6, 6.07) is 9.98. The third kappa shape index (κ3) is 3.30. The fourth-order valence-electron chi connectivity index (χ4n) is 3.46. The normalized spacial score (nSPS) is 16.0. The Morgan fingerprint density at radius 3 is 2.81 bits per heavy atom. The Hall–Kier alpha value is -2.80. The highest BCUT2D eigenvalue weighted by atomic mass is 19.1. The molecule has 7 heteroatoms. The van der Waals surface area contributed by atoms with Gasteiger partial charge >= 0.3 is 0 Å². The van der Waals surface area contributed by atoms with Crippen LogP contribution in [0, 0.1) is 5.82 Å². The topological polar surface area (TPSA) is 62.5 Å². The molecule has 4 rings (SSSR count). The summed E-state index contributed by atoms with van der Waals surface area (Å²) in [4.78, 5) is 18.9. The van der Waals surface area contributed by atoms with Gasteiger partial charge in [-0.3, -0.25) is 9.69 Å². The highest BCUT2D eigenvalue weighted by Gasteiger charge is 2.26. The van der Waals surface area contributed by atoms with Crippen LogP contribution in [0.2, 0.25) is 0 Å². The Labute approximate surface area is 150 Å². The van der Waals surface area contributed by atoms with Gasteiger partial charge in [0.25, 0.3) is 5.91 Å². The second-order valence-electron chi connectivity index (χ2n) is 6.44. The number of likely N-dealkylation sites (tertiary alicyclic amines) is 1. The van der Waals surface area contributed by atoms with Crippen LogP contribution in [-0.2, 0) is 0 Å². The third-order valence-corrected chi connectivity index (χ3v) is 4.77. The molecule has 1 aliphatic heterocycles. The van der Waals surface area contributed by atoms with E-state index in [1.165, 1.54) is 6.07 Å². The lowest BCUT2D eigenvalue weighted by Crippen LogP contribution is -2.37. The Morgan fingerprint density at radius 2 is 2.04 bits per heavy atom. The van der Waals surface area contributed by atoms with Gasteiger partial charge in [-0.15, -0.1) is 0 Å². The first-order chi connectivity index (χ1) is 12.7. The molecule has 1 aliphatic rings. The average Bonchev–Trinajstić information content (AvgIpc) is 3.32. The van der Waals surface area contributed by atoms with Crippen molar-refractivity contribution in [3.8, 4) is 0 Å². The number of rotatable bonds is 5. The van der Waals surface area contributed by atoms with Gasteiger partial charge in [0.05, 0.1) is 6.04 Å². The lowest BCUT2D eigenvalue weighted by atomic mass is 10.0. The van der Waals surface area contributed by atoms with E-state index >= 15 is 0 Å². The van der Waals surface area contributed by atoms with E-state index in [1.807, 2.05) is 6.07 Å². The van der Waals surface area contributed by atoms with Gasteiger partial charge in [0.2, 0.25) is 0 Å². The van der Waals surface area contributed by atoms with Crippen molar-refractivity contribution in [2.45, 2.75) is 18.9 Å². The first-order valence-corrected chi connectivity index (χ1v) is 8.79. The van der Waals surface area contributed by atoms with Crippen molar-refractivity contribution in [3.63, 3.8) is 0 Å². The zero-order chi connectivity index (χ0) is 17.9.